The molecular formula is C14H16Cl2N2O3. The van der Waals surface area contributed by atoms with Crippen LogP contribution in [0.4, 0.5) is 0 Å². The van der Waals surface area contributed by atoms with Crippen LogP contribution in [0.15, 0.2) is 12.1 Å². The van der Waals surface area contributed by atoms with Crippen molar-refractivity contribution in [2.45, 2.75) is 12.8 Å². The quantitative estimate of drug-likeness (QED) is 0.786. The molecule has 7 heteroatoms. The molecule has 21 heavy (non-hydrogen) atoms. The highest BCUT2D eigenvalue weighted by Gasteiger charge is 2.29. The summed E-state index contributed by atoms with van der Waals surface area (Å²) in [5.41, 5.74) is 0.347. The van der Waals surface area contributed by atoms with Crippen LogP contribution in [-0.2, 0) is 4.79 Å². The maximum Gasteiger partial charge on any atom is 0.251 e. The molecule has 5 nitrogen and oxygen atoms in total. The van der Waals surface area contributed by atoms with E-state index in [0.717, 1.165) is 12.8 Å². The molecule has 0 heterocycles. The van der Waals surface area contributed by atoms with Crippen molar-refractivity contribution in [1.82, 2.24) is 10.6 Å². The molecule has 0 spiro atoms. The molecule has 0 aromatic heterocycles. The van der Waals surface area contributed by atoms with Crippen LogP contribution in [0.1, 0.15) is 23.2 Å². The first-order valence-corrected chi connectivity index (χ1v) is 7.37. The van der Waals surface area contributed by atoms with Crippen LogP contribution in [0.5, 0.6) is 5.75 Å². The Morgan fingerprint density at radius 3 is 2.29 bits per heavy atom. The predicted molar refractivity (Wildman–Crippen MR) is 81.1 cm³/mol. The molecule has 0 atom stereocenters. The average molecular weight is 331 g/mol. The third-order valence-corrected chi connectivity index (χ3v) is 3.68. The first-order valence-electron chi connectivity index (χ1n) is 6.62. The molecule has 2 N–H and O–H groups in total. The second kappa shape index (κ2) is 7.00. The maximum absolute atomic E-state index is 12.0. The number of methoxy groups -OCH3 is 1. The molecule has 1 aliphatic carbocycles. The number of nitrogens with one attached hydrogen (secondary N) is 2. The summed E-state index contributed by atoms with van der Waals surface area (Å²) >= 11 is 12.0. The molecule has 0 saturated heterocycles. The Balaban J connectivity index is 1.84. The van der Waals surface area contributed by atoms with Crippen LogP contribution in [0, 0.1) is 5.92 Å². The number of rotatable bonds is 6. The van der Waals surface area contributed by atoms with Crippen molar-refractivity contribution < 1.29 is 14.3 Å². The van der Waals surface area contributed by atoms with Crippen molar-refractivity contribution in [2.75, 3.05) is 20.2 Å². The van der Waals surface area contributed by atoms with Gasteiger partial charge in [0.05, 0.1) is 17.2 Å². The van der Waals surface area contributed by atoms with Gasteiger partial charge in [-0.15, -0.1) is 0 Å². The Bertz CT molecular complexity index is 536. The minimum atomic E-state index is -0.304. The largest absolute Gasteiger partial charge is 0.494 e. The summed E-state index contributed by atoms with van der Waals surface area (Å²) in [6.07, 6.45) is 1.92. The molecule has 1 saturated carbocycles. The van der Waals surface area contributed by atoms with Gasteiger partial charge < -0.3 is 15.4 Å². The fraction of sp³-hybridized carbons (Fsp3) is 0.429. The zero-order valence-corrected chi connectivity index (χ0v) is 13.1. The fourth-order valence-corrected chi connectivity index (χ4v) is 2.48. The molecule has 1 aromatic rings. The Morgan fingerprint density at radius 1 is 1.19 bits per heavy atom. The van der Waals surface area contributed by atoms with Gasteiger partial charge in [0, 0.05) is 24.6 Å². The zero-order chi connectivity index (χ0) is 15.4. The first kappa shape index (κ1) is 15.9. The number of hydrogen-bond donors (Lipinski definition) is 2. The fourth-order valence-electron chi connectivity index (χ4n) is 1.84. The van der Waals surface area contributed by atoms with Crippen LogP contribution >= 0.6 is 23.2 Å². The summed E-state index contributed by atoms with van der Waals surface area (Å²) < 4.78 is 5.02. The number of ether oxygens (including phenoxy) is 1. The number of halogens is 2. The number of carbonyl (C=O) groups excluding carboxylic acids is 2. The third kappa shape index (κ3) is 4.25. The average Bonchev–Trinajstić information content (AvgIpc) is 3.27. The summed E-state index contributed by atoms with van der Waals surface area (Å²) in [5, 5.41) is 6.01. The Morgan fingerprint density at radius 2 is 1.76 bits per heavy atom. The normalized spacial score (nSPS) is 13.7. The van der Waals surface area contributed by atoms with E-state index < -0.39 is 0 Å². The molecule has 1 aliphatic rings. The van der Waals surface area contributed by atoms with E-state index in [-0.39, 0.29) is 27.8 Å². The lowest BCUT2D eigenvalue weighted by atomic mass is 10.2. The molecule has 0 aliphatic heterocycles. The Kier molecular flexibility index (Phi) is 5.31. The van der Waals surface area contributed by atoms with Gasteiger partial charge in [-0.25, -0.2) is 0 Å². The Hall–Kier alpha value is -1.46. The van der Waals surface area contributed by atoms with Crippen LogP contribution in [0.2, 0.25) is 10.0 Å². The van der Waals surface area contributed by atoms with Crippen molar-refractivity contribution in [3.05, 3.63) is 27.7 Å². The number of carbonyl (C=O) groups is 2. The molecule has 0 radical (unpaired) electrons. The predicted octanol–water partition coefficient (Wildman–Crippen LogP) is 2.26. The summed E-state index contributed by atoms with van der Waals surface area (Å²) in [6.45, 7) is 0.747. The second-order valence-corrected chi connectivity index (χ2v) is 5.61. The molecule has 0 bridgehead atoms. The minimum Gasteiger partial charge on any atom is -0.494 e. The van der Waals surface area contributed by atoms with Gasteiger partial charge in [-0.3, -0.25) is 9.59 Å². The van der Waals surface area contributed by atoms with Gasteiger partial charge in [-0.2, -0.15) is 0 Å². The van der Waals surface area contributed by atoms with Gasteiger partial charge in [0.25, 0.3) is 5.91 Å². The molecular weight excluding hydrogens is 315 g/mol. The number of amides is 2. The first-order chi connectivity index (χ1) is 10.0. The molecule has 0 unspecified atom stereocenters. The SMILES string of the molecule is COc1c(Cl)cc(C(=O)NCCNC(=O)C2CC2)cc1Cl. The molecule has 2 rings (SSSR count). The third-order valence-electron chi connectivity index (χ3n) is 3.12. The van der Waals surface area contributed by atoms with Gasteiger partial charge in [0.2, 0.25) is 5.91 Å². The van der Waals surface area contributed by atoms with E-state index in [2.05, 4.69) is 10.6 Å². The topological polar surface area (TPSA) is 67.4 Å². The maximum atomic E-state index is 12.0. The lowest BCUT2D eigenvalue weighted by Gasteiger charge is -2.10. The van der Waals surface area contributed by atoms with Crippen molar-refractivity contribution >= 4 is 35.0 Å². The van der Waals surface area contributed by atoms with Crippen LogP contribution in [0.25, 0.3) is 0 Å². The van der Waals surface area contributed by atoms with Crippen molar-refractivity contribution in [1.29, 1.82) is 0 Å². The van der Waals surface area contributed by atoms with E-state index in [4.69, 9.17) is 27.9 Å². The highest BCUT2D eigenvalue weighted by atomic mass is 35.5. The van der Waals surface area contributed by atoms with Crippen LogP contribution < -0.4 is 15.4 Å². The minimum absolute atomic E-state index is 0.0554. The van der Waals surface area contributed by atoms with E-state index in [1.807, 2.05) is 0 Å². The highest BCUT2D eigenvalue weighted by molar-refractivity contribution is 6.37. The second-order valence-electron chi connectivity index (χ2n) is 4.79. The van der Waals surface area contributed by atoms with E-state index in [9.17, 15) is 9.59 Å². The van der Waals surface area contributed by atoms with E-state index in [0.29, 0.717) is 24.4 Å². The summed E-state index contributed by atoms with van der Waals surface area (Å²) in [4.78, 5) is 23.4. The van der Waals surface area contributed by atoms with Gasteiger partial charge in [-0.1, -0.05) is 23.2 Å². The molecule has 1 fully saturated rings. The zero-order valence-electron chi connectivity index (χ0n) is 11.5. The molecule has 2 amide bonds. The smallest absolute Gasteiger partial charge is 0.251 e. The summed E-state index contributed by atoms with van der Waals surface area (Å²) in [7, 11) is 1.45. The molecule has 1 aromatic carbocycles. The molecule has 114 valence electrons. The van der Waals surface area contributed by atoms with E-state index in [1.165, 1.54) is 19.2 Å². The lowest BCUT2D eigenvalue weighted by Crippen LogP contribution is -2.35. The van der Waals surface area contributed by atoms with Crippen molar-refractivity contribution in [2.24, 2.45) is 5.92 Å². The monoisotopic (exact) mass is 330 g/mol. The number of benzene rings is 1. The van der Waals surface area contributed by atoms with Crippen LogP contribution in [-0.4, -0.2) is 32.0 Å². The van der Waals surface area contributed by atoms with E-state index >= 15 is 0 Å². The van der Waals surface area contributed by atoms with Gasteiger partial charge in [0.1, 0.15) is 0 Å². The Labute approximate surface area is 132 Å². The lowest BCUT2D eigenvalue weighted by molar-refractivity contribution is -0.122. The van der Waals surface area contributed by atoms with Crippen molar-refractivity contribution in [3.8, 4) is 5.75 Å². The number of hydrogen-bond acceptors (Lipinski definition) is 3. The standard InChI is InChI=1S/C14H16Cl2N2O3/c1-21-12-10(15)6-9(7-11(12)16)14(20)18-5-4-17-13(19)8-2-3-8/h6-8H,2-5H2,1H3,(H,17,19)(H,18,20). The summed E-state index contributed by atoms with van der Waals surface area (Å²) in [5.74, 6) is 0.258. The van der Waals surface area contributed by atoms with E-state index in [1.54, 1.807) is 0 Å². The van der Waals surface area contributed by atoms with Crippen LogP contribution in [0.3, 0.4) is 0 Å². The van der Waals surface area contributed by atoms with Crippen molar-refractivity contribution in [3.63, 3.8) is 0 Å². The van der Waals surface area contributed by atoms with Gasteiger partial charge in [0.15, 0.2) is 5.75 Å². The van der Waals surface area contributed by atoms with Gasteiger partial charge in [-0.05, 0) is 25.0 Å². The van der Waals surface area contributed by atoms with Gasteiger partial charge >= 0.3 is 0 Å². The summed E-state index contributed by atoms with van der Waals surface area (Å²) in [6, 6.07) is 2.98. The highest BCUT2D eigenvalue weighted by Crippen LogP contribution is 2.33.